The molecule has 0 bridgehead atoms. The van der Waals surface area contributed by atoms with Crippen molar-refractivity contribution in [3.63, 3.8) is 0 Å². The van der Waals surface area contributed by atoms with Crippen molar-refractivity contribution in [1.29, 1.82) is 0 Å². The maximum absolute atomic E-state index is 11.2. The van der Waals surface area contributed by atoms with Gasteiger partial charge in [0.05, 0.1) is 12.6 Å². The first kappa shape index (κ1) is 10.6. The van der Waals surface area contributed by atoms with Gasteiger partial charge in [-0.2, -0.15) is 0 Å². The van der Waals surface area contributed by atoms with Crippen LogP contribution in [0.15, 0.2) is 0 Å². The second-order valence-electron chi connectivity index (χ2n) is 2.71. The Balaban J connectivity index is 2.40. The van der Waals surface area contributed by atoms with E-state index in [0.717, 1.165) is 6.54 Å². The van der Waals surface area contributed by atoms with Crippen molar-refractivity contribution in [3.05, 3.63) is 0 Å². The largest absolute Gasteiger partial charge is 0.462 e. The van der Waals surface area contributed by atoms with Crippen molar-refractivity contribution >= 4 is 23.1 Å². The lowest BCUT2D eigenvalue weighted by Crippen LogP contribution is -2.50. The smallest absolute Gasteiger partial charge is 0.346 e. The highest BCUT2D eigenvalue weighted by molar-refractivity contribution is 7.82. The van der Waals surface area contributed by atoms with Gasteiger partial charge in [0, 0.05) is 19.6 Å². The fraction of sp³-hybridized carbons (Fsp3) is 0.750. The lowest BCUT2D eigenvalue weighted by atomic mass is 10.1. The summed E-state index contributed by atoms with van der Waals surface area (Å²) >= 11 is 4.95. The molecule has 0 aromatic heterocycles. The number of esters is 1. The Morgan fingerprint density at radius 1 is 1.77 bits per heavy atom. The van der Waals surface area contributed by atoms with Crippen LogP contribution in [0.5, 0.6) is 0 Å². The Kier molecular flexibility index (Phi) is 4.27. The van der Waals surface area contributed by atoms with E-state index in [2.05, 4.69) is 10.6 Å². The zero-order chi connectivity index (χ0) is 9.68. The molecule has 0 aromatic carbocycles. The summed E-state index contributed by atoms with van der Waals surface area (Å²) in [5.74, 6) is -0.407. The third-order valence-corrected chi connectivity index (χ3v) is 2.19. The van der Waals surface area contributed by atoms with Crippen LogP contribution in [0.1, 0.15) is 6.92 Å². The van der Waals surface area contributed by atoms with E-state index in [1.54, 1.807) is 6.92 Å². The molecular formula is C8H13N2O2S. The van der Waals surface area contributed by atoms with Crippen LogP contribution in [0.25, 0.3) is 0 Å². The number of ether oxygens (including phenoxy) is 1. The van der Waals surface area contributed by atoms with Crippen molar-refractivity contribution in [2.75, 3.05) is 26.2 Å². The molecule has 4 nitrogen and oxygen atoms in total. The number of hydrogen-bond donors (Lipinski definition) is 1. The molecule has 13 heavy (non-hydrogen) atoms. The molecule has 1 aliphatic heterocycles. The van der Waals surface area contributed by atoms with Gasteiger partial charge in [-0.15, -0.1) is 0 Å². The van der Waals surface area contributed by atoms with Crippen molar-refractivity contribution in [1.82, 2.24) is 10.6 Å². The Labute approximate surface area is 83.0 Å². The van der Waals surface area contributed by atoms with Crippen LogP contribution >= 0.6 is 12.2 Å². The van der Waals surface area contributed by atoms with E-state index in [1.807, 2.05) is 0 Å². The van der Waals surface area contributed by atoms with Gasteiger partial charge in [0.2, 0.25) is 0 Å². The van der Waals surface area contributed by atoms with Gasteiger partial charge in [-0.1, -0.05) is 12.2 Å². The number of rotatable bonds is 3. The lowest BCUT2D eigenvalue weighted by molar-refractivity contribution is -0.135. The zero-order valence-corrected chi connectivity index (χ0v) is 8.39. The predicted octanol–water partition coefficient (Wildman–Crippen LogP) is -0.504. The van der Waals surface area contributed by atoms with Gasteiger partial charge in [0.15, 0.2) is 0 Å². The number of thiocarbonyl (C=S) groups is 1. The van der Waals surface area contributed by atoms with E-state index in [0.29, 0.717) is 19.7 Å². The van der Waals surface area contributed by atoms with Crippen molar-refractivity contribution in [3.8, 4) is 0 Å². The Morgan fingerprint density at radius 2 is 2.54 bits per heavy atom. The van der Waals surface area contributed by atoms with Crippen molar-refractivity contribution < 1.29 is 9.53 Å². The number of carbonyl (C=O) groups is 1. The number of nitrogens with zero attached hydrogens (tertiary/aromatic N) is 1. The second-order valence-corrected chi connectivity index (χ2v) is 3.15. The van der Waals surface area contributed by atoms with Gasteiger partial charge in [0.25, 0.3) is 0 Å². The first-order valence-corrected chi connectivity index (χ1v) is 4.74. The van der Waals surface area contributed by atoms with E-state index in [9.17, 15) is 4.79 Å². The first-order chi connectivity index (χ1) is 6.25. The first-order valence-electron chi connectivity index (χ1n) is 4.34. The highest BCUT2D eigenvalue weighted by atomic mass is 32.1. The Bertz CT molecular complexity index is 202. The quantitative estimate of drug-likeness (QED) is 0.494. The molecule has 73 valence electrons. The minimum Gasteiger partial charge on any atom is -0.462 e. The summed E-state index contributed by atoms with van der Waals surface area (Å²) < 4.78 is 4.79. The number of nitrogens with one attached hydrogen (secondary N) is 1. The minimum atomic E-state index is -0.407. The third kappa shape index (κ3) is 3.02. The summed E-state index contributed by atoms with van der Waals surface area (Å²) in [6, 6.07) is -0.178. The molecule has 0 amide bonds. The zero-order valence-electron chi connectivity index (χ0n) is 7.58. The van der Waals surface area contributed by atoms with E-state index >= 15 is 0 Å². The average molecular weight is 201 g/mol. The normalized spacial score (nSPS) is 22.4. The topological polar surface area (TPSA) is 52.4 Å². The fourth-order valence-electron chi connectivity index (χ4n) is 1.12. The summed E-state index contributed by atoms with van der Waals surface area (Å²) in [7, 11) is 0. The maximum atomic E-state index is 11.2. The average Bonchev–Trinajstić information content (AvgIpc) is 2.18. The van der Waals surface area contributed by atoms with Crippen LogP contribution in [0.4, 0.5) is 0 Å². The molecule has 1 N–H and O–H groups in total. The predicted molar refractivity (Wildman–Crippen MR) is 52.9 cm³/mol. The summed E-state index contributed by atoms with van der Waals surface area (Å²) in [5.41, 5.74) is 0. The molecule has 5 heteroatoms. The van der Waals surface area contributed by atoms with Gasteiger partial charge in [-0.05, 0) is 6.92 Å². The highest BCUT2D eigenvalue weighted by Gasteiger charge is 2.24. The molecule has 1 heterocycles. The molecule has 1 fully saturated rings. The molecule has 1 radical (unpaired) electrons. The van der Waals surface area contributed by atoms with Crippen LogP contribution in [-0.2, 0) is 9.53 Å². The Morgan fingerprint density at radius 3 is 3.08 bits per heavy atom. The summed E-state index contributed by atoms with van der Waals surface area (Å²) in [4.78, 5) is 11.5. The third-order valence-electron chi connectivity index (χ3n) is 1.76. The molecule has 0 saturated carbocycles. The standard InChI is InChI=1S/C8H13N2O2S/c1-2-12-8(11)7(13)6-5-9-3-4-10-6/h6,9H,2-5H2,1H3. The summed E-state index contributed by atoms with van der Waals surface area (Å²) in [5, 5.41) is 7.35. The number of hydrogen-bond acceptors (Lipinski definition) is 4. The van der Waals surface area contributed by atoms with E-state index < -0.39 is 5.97 Å². The molecule has 1 rings (SSSR count). The summed E-state index contributed by atoms with van der Waals surface area (Å²) in [6.07, 6.45) is 0. The van der Waals surface area contributed by atoms with Crippen LogP contribution < -0.4 is 10.6 Å². The van der Waals surface area contributed by atoms with E-state index in [1.165, 1.54) is 0 Å². The van der Waals surface area contributed by atoms with Crippen LogP contribution in [0.2, 0.25) is 0 Å². The van der Waals surface area contributed by atoms with Gasteiger partial charge >= 0.3 is 5.97 Å². The molecular weight excluding hydrogens is 188 g/mol. The molecule has 1 saturated heterocycles. The second kappa shape index (κ2) is 5.26. The highest BCUT2D eigenvalue weighted by Crippen LogP contribution is 1.97. The maximum Gasteiger partial charge on any atom is 0.346 e. The lowest BCUT2D eigenvalue weighted by Gasteiger charge is -2.22. The van der Waals surface area contributed by atoms with Crippen molar-refractivity contribution in [2.45, 2.75) is 13.0 Å². The Hall–Kier alpha value is -0.520. The van der Waals surface area contributed by atoms with Gasteiger partial charge in [-0.25, -0.2) is 10.1 Å². The van der Waals surface area contributed by atoms with E-state index in [-0.39, 0.29) is 10.9 Å². The van der Waals surface area contributed by atoms with Crippen LogP contribution in [0.3, 0.4) is 0 Å². The number of carbonyl (C=O) groups excluding carboxylic acids is 1. The molecule has 0 aliphatic carbocycles. The number of piperazine rings is 1. The van der Waals surface area contributed by atoms with E-state index in [4.69, 9.17) is 17.0 Å². The SMILES string of the molecule is CCOC(=O)C(=S)C1CNCC[N]1. The molecule has 0 spiro atoms. The fourth-order valence-corrected chi connectivity index (χ4v) is 1.33. The van der Waals surface area contributed by atoms with Gasteiger partial charge in [-0.3, -0.25) is 0 Å². The van der Waals surface area contributed by atoms with Crippen LogP contribution in [0, 0.1) is 0 Å². The van der Waals surface area contributed by atoms with Crippen LogP contribution in [-0.4, -0.2) is 43.1 Å². The summed E-state index contributed by atoms with van der Waals surface area (Å²) in [6.45, 7) is 4.35. The monoisotopic (exact) mass is 201 g/mol. The van der Waals surface area contributed by atoms with Gasteiger partial charge in [0.1, 0.15) is 4.86 Å². The van der Waals surface area contributed by atoms with Gasteiger partial charge < -0.3 is 10.1 Å². The minimum absolute atomic E-state index is 0.178. The van der Waals surface area contributed by atoms with Crippen molar-refractivity contribution in [2.24, 2.45) is 0 Å². The molecule has 1 aliphatic rings. The molecule has 1 unspecified atom stereocenters. The molecule has 1 atom stereocenters. The molecule has 0 aromatic rings.